The van der Waals surface area contributed by atoms with E-state index in [1.54, 1.807) is 0 Å². The molecule has 2 aromatic rings. The van der Waals surface area contributed by atoms with E-state index in [2.05, 4.69) is 60.5 Å². The Morgan fingerprint density at radius 2 is 2.00 bits per heavy atom. The van der Waals surface area contributed by atoms with Crippen LogP contribution in [0.2, 0.25) is 0 Å². The lowest BCUT2D eigenvalue weighted by Gasteiger charge is -2.53. The van der Waals surface area contributed by atoms with Crippen molar-refractivity contribution in [1.29, 1.82) is 0 Å². The zero-order valence-corrected chi connectivity index (χ0v) is 17.7. The Labute approximate surface area is 178 Å². The maximum absolute atomic E-state index is 7.22. The highest BCUT2D eigenvalue weighted by Gasteiger charge is 2.65. The largest absolute Gasteiger partial charge is 0.359 e. The Kier molecular flexibility index (Phi) is 3.34. The molecule has 1 saturated heterocycles. The summed E-state index contributed by atoms with van der Waals surface area (Å²) in [6.45, 7) is 2.55. The summed E-state index contributed by atoms with van der Waals surface area (Å²) in [6.07, 6.45) is 22.0. The van der Waals surface area contributed by atoms with Crippen LogP contribution >= 0.6 is 0 Å². The molecule has 3 heterocycles. The number of ether oxygens (including phenoxy) is 1. The van der Waals surface area contributed by atoms with Gasteiger partial charge in [-0.15, -0.1) is 0 Å². The Hall–Kier alpha value is -2.19. The van der Waals surface area contributed by atoms with E-state index in [0.29, 0.717) is 11.8 Å². The van der Waals surface area contributed by atoms with E-state index < -0.39 is 0 Å². The number of hydrogen-bond acceptors (Lipinski definition) is 2. The number of rotatable bonds is 1. The van der Waals surface area contributed by atoms with Crippen LogP contribution < -0.4 is 0 Å². The lowest BCUT2D eigenvalue weighted by atomic mass is 9.58. The molecule has 2 heteroatoms. The van der Waals surface area contributed by atoms with Gasteiger partial charge in [0.25, 0.3) is 0 Å². The molecule has 3 aliphatic carbocycles. The smallest absolute Gasteiger partial charge is 0.0975 e. The molecule has 2 fully saturated rings. The van der Waals surface area contributed by atoms with Crippen molar-refractivity contribution in [3.8, 4) is 0 Å². The molecule has 2 spiro atoms. The number of nitrogens with zero attached hydrogens (tertiary/aromatic N) is 1. The first-order valence-corrected chi connectivity index (χ1v) is 11.8. The number of aromatic nitrogens is 1. The predicted molar refractivity (Wildman–Crippen MR) is 120 cm³/mol. The van der Waals surface area contributed by atoms with E-state index in [0.717, 1.165) is 19.3 Å². The molecule has 1 aromatic carbocycles. The van der Waals surface area contributed by atoms with Gasteiger partial charge in [-0.25, -0.2) is 0 Å². The van der Waals surface area contributed by atoms with Gasteiger partial charge in [-0.1, -0.05) is 43.4 Å². The highest BCUT2D eigenvalue weighted by molar-refractivity contribution is 5.82. The third kappa shape index (κ3) is 2.06. The Morgan fingerprint density at radius 3 is 2.97 bits per heavy atom. The molecule has 2 aliphatic heterocycles. The predicted octanol–water partition coefficient (Wildman–Crippen LogP) is 6.64. The maximum atomic E-state index is 7.22. The monoisotopic (exact) mass is 395 g/mol. The lowest BCUT2D eigenvalue weighted by molar-refractivity contribution is -0.128. The van der Waals surface area contributed by atoms with E-state index in [1.165, 1.54) is 53.2 Å². The van der Waals surface area contributed by atoms with Crippen molar-refractivity contribution in [1.82, 2.24) is 4.98 Å². The number of hydrogen-bond donors (Lipinski definition) is 0. The minimum absolute atomic E-state index is 0.00293. The second kappa shape index (κ2) is 5.73. The summed E-state index contributed by atoms with van der Waals surface area (Å²) in [5.74, 6) is 1.21. The average Bonchev–Trinajstić information content (AvgIpc) is 3.29. The quantitative estimate of drug-likeness (QED) is 0.540. The van der Waals surface area contributed by atoms with Gasteiger partial charge in [0.05, 0.1) is 11.2 Å². The second-order valence-corrected chi connectivity index (χ2v) is 10.6. The van der Waals surface area contributed by atoms with Crippen LogP contribution in [0.15, 0.2) is 72.1 Å². The molecular formula is C28H29NO. The van der Waals surface area contributed by atoms with Gasteiger partial charge in [0.1, 0.15) is 0 Å². The minimum atomic E-state index is -0.0468. The van der Waals surface area contributed by atoms with Crippen LogP contribution in [0.3, 0.4) is 0 Å². The van der Waals surface area contributed by atoms with Gasteiger partial charge in [0.15, 0.2) is 0 Å². The van der Waals surface area contributed by atoms with Crippen molar-refractivity contribution < 1.29 is 4.74 Å². The molecule has 2 bridgehead atoms. The van der Waals surface area contributed by atoms with Crippen LogP contribution in [0.4, 0.5) is 0 Å². The Bertz CT molecular complexity index is 1160. The Morgan fingerprint density at radius 1 is 1.03 bits per heavy atom. The topological polar surface area (TPSA) is 22.1 Å². The van der Waals surface area contributed by atoms with E-state index in [4.69, 9.17) is 4.74 Å². The SMILES string of the molecule is C[C@]12CC=C3C=C4C=CCC[C@]45CC[C@]3(O5)[C@@H]1CC[C@@H]2c1ccc2ccncc2c1. The second-order valence-electron chi connectivity index (χ2n) is 10.6. The first-order valence-electron chi connectivity index (χ1n) is 11.8. The summed E-state index contributed by atoms with van der Waals surface area (Å²) in [5, 5.41) is 2.55. The molecule has 0 amide bonds. The van der Waals surface area contributed by atoms with Gasteiger partial charge in [-0.3, -0.25) is 4.98 Å². The molecule has 30 heavy (non-hydrogen) atoms. The van der Waals surface area contributed by atoms with E-state index in [9.17, 15) is 0 Å². The third-order valence-corrected chi connectivity index (χ3v) is 9.34. The summed E-state index contributed by atoms with van der Waals surface area (Å²) in [6, 6.07) is 9.18. The summed E-state index contributed by atoms with van der Waals surface area (Å²) in [7, 11) is 0. The molecule has 1 aromatic heterocycles. The number of fused-ring (bicyclic) bond motifs is 2. The van der Waals surface area contributed by atoms with Crippen molar-refractivity contribution >= 4 is 10.8 Å². The zero-order chi connectivity index (χ0) is 20.0. The number of allylic oxidation sites excluding steroid dienone is 2. The van der Waals surface area contributed by atoms with Gasteiger partial charge in [0.2, 0.25) is 0 Å². The van der Waals surface area contributed by atoms with Crippen molar-refractivity contribution in [2.75, 3.05) is 0 Å². The summed E-state index contributed by atoms with van der Waals surface area (Å²) in [4.78, 5) is 4.36. The van der Waals surface area contributed by atoms with E-state index >= 15 is 0 Å². The van der Waals surface area contributed by atoms with Gasteiger partial charge in [-0.2, -0.15) is 0 Å². The summed E-state index contributed by atoms with van der Waals surface area (Å²) >= 11 is 0. The van der Waals surface area contributed by atoms with Crippen LogP contribution in [-0.2, 0) is 4.74 Å². The van der Waals surface area contributed by atoms with Crippen LogP contribution in [-0.4, -0.2) is 16.2 Å². The molecule has 5 atom stereocenters. The van der Waals surface area contributed by atoms with Gasteiger partial charge in [0, 0.05) is 17.8 Å². The summed E-state index contributed by atoms with van der Waals surface area (Å²) in [5.41, 5.74) is 4.64. The van der Waals surface area contributed by atoms with E-state index in [-0.39, 0.29) is 16.6 Å². The van der Waals surface area contributed by atoms with Gasteiger partial charge < -0.3 is 4.74 Å². The normalized spacial score (nSPS) is 41.1. The van der Waals surface area contributed by atoms with Gasteiger partial charge >= 0.3 is 0 Å². The molecule has 1 saturated carbocycles. The highest BCUT2D eigenvalue weighted by Crippen LogP contribution is 2.68. The number of pyridine rings is 1. The Balaban J connectivity index is 1.33. The molecule has 5 aliphatic rings. The van der Waals surface area contributed by atoms with Crippen LogP contribution in [0.1, 0.15) is 63.4 Å². The first-order chi connectivity index (χ1) is 14.6. The first kappa shape index (κ1) is 17.5. The fraction of sp³-hybridized carbons (Fsp3) is 0.464. The minimum Gasteiger partial charge on any atom is -0.359 e. The van der Waals surface area contributed by atoms with Crippen LogP contribution in [0, 0.1) is 11.3 Å². The van der Waals surface area contributed by atoms with Crippen molar-refractivity contribution in [2.24, 2.45) is 11.3 Å². The van der Waals surface area contributed by atoms with Gasteiger partial charge in [-0.05, 0) is 96.4 Å². The molecule has 152 valence electrons. The summed E-state index contributed by atoms with van der Waals surface area (Å²) < 4.78 is 7.22. The maximum Gasteiger partial charge on any atom is 0.0975 e. The molecule has 7 rings (SSSR count). The van der Waals surface area contributed by atoms with Crippen LogP contribution in [0.5, 0.6) is 0 Å². The van der Waals surface area contributed by atoms with Crippen LogP contribution in [0.25, 0.3) is 10.8 Å². The van der Waals surface area contributed by atoms with Crippen molar-refractivity contribution in [3.63, 3.8) is 0 Å². The zero-order valence-electron chi connectivity index (χ0n) is 17.7. The standard InChI is InChI=1S/C28H29NO/c1-26-12-9-23-17-22-4-2-3-11-27(22)13-14-28(23,30-27)25(26)8-7-24(26)20-6-5-19-10-15-29-18-21(19)16-20/h2,4-6,9-10,15-18,24-25H,3,7-8,11-14H2,1H3/t24-,25-,26-,27+,28-/m1/s1. The highest BCUT2D eigenvalue weighted by atomic mass is 16.5. The number of benzene rings is 1. The third-order valence-electron chi connectivity index (χ3n) is 9.34. The lowest BCUT2D eigenvalue weighted by Crippen LogP contribution is -2.53. The molecule has 2 nitrogen and oxygen atoms in total. The molecule has 0 N–H and O–H groups in total. The van der Waals surface area contributed by atoms with Crippen molar-refractivity contribution in [3.05, 3.63) is 77.7 Å². The molecular weight excluding hydrogens is 366 g/mol. The van der Waals surface area contributed by atoms with Crippen molar-refractivity contribution in [2.45, 2.75) is 69.0 Å². The fourth-order valence-corrected chi connectivity index (χ4v) is 7.87. The van der Waals surface area contributed by atoms with E-state index in [1.807, 2.05) is 12.4 Å². The molecule has 0 radical (unpaired) electrons. The molecule has 0 unspecified atom stereocenters. The fourth-order valence-electron chi connectivity index (χ4n) is 7.87. The average molecular weight is 396 g/mol.